The molecule has 1 aliphatic carbocycles. The molecule has 2 nitrogen and oxygen atoms in total. The van der Waals surface area contributed by atoms with Gasteiger partial charge in [0.05, 0.1) is 0 Å². The van der Waals surface area contributed by atoms with Crippen LogP contribution in [0.4, 0.5) is 0 Å². The number of nitrogens with zero attached hydrogens (tertiary/aromatic N) is 1. The highest BCUT2D eigenvalue weighted by molar-refractivity contribution is 4.85. The number of nitrogens with two attached hydrogens (primary N) is 1. The zero-order valence-corrected chi connectivity index (χ0v) is 8.42. The molecule has 0 bridgehead atoms. The van der Waals surface area contributed by atoms with Crippen LogP contribution >= 0.6 is 0 Å². The van der Waals surface area contributed by atoms with E-state index in [0.717, 1.165) is 18.6 Å². The number of rotatable bonds is 6. The van der Waals surface area contributed by atoms with Crippen molar-refractivity contribution in [2.24, 2.45) is 5.73 Å². The molecule has 1 atom stereocenters. The second-order valence-electron chi connectivity index (χ2n) is 4.03. The Bertz CT molecular complexity index is 121. The maximum Gasteiger partial charge on any atom is 0.00961 e. The van der Waals surface area contributed by atoms with Crippen LogP contribution in [0, 0.1) is 0 Å². The van der Waals surface area contributed by atoms with Crippen molar-refractivity contribution in [1.82, 2.24) is 4.90 Å². The molecule has 0 aromatic rings. The summed E-state index contributed by atoms with van der Waals surface area (Å²) in [5.41, 5.74) is 5.45. The lowest BCUT2D eigenvalue weighted by atomic mass is 10.1. The van der Waals surface area contributed by atoms with Crippen molar-refractivity contribution in [3.05, 3.63) is 0 Å². The number of hydrogen-bond acceptors (Lipinski definition) is 2. The van der Waals surface area contributed by atoms with E-state index < -0.39 is 0 Å². The van der Waals surface area contributed by atoms with Crippen molar-refractivity contribution in [3.8, 4) is 0 Å². The molecule has 1 fully saturated rings. The maximum absolute atomic E-state index is 5.45. The first-order chi connectivity index (χ1) is 5.75. The highest BCUT2D eigenvalue weighted by atomic mass is 15.2. The SMILES string of the molecule is CC(CCCCN)N(C)C1CC1. The topological polar surface area (TPSA) is 29.3 Å². The van der Waals surface area contributed by atoms with Gasteiger partial charge in [-0.05, 0) is 46.2 Å². The summed E-state index contributed by atoms with van der Waals surface area (Å²) in [6.45, 7) is 3.18. The lowest BCUT2D eigenvalue weighted by molar-refractivity contribution is 0.232. The molecule has 1 rings (SSSR count). The van der Waals surface area contributed by atoms with Gasteiger partial charge < -0.3 is 10.6 Å². The third-order valence-electron chi connectivity index (χ3n) is 2.89. The van der Waals surface area contributed by atoms with Gasteiger partial charge in [-0.3, -0.25) is 0 Å². The summed E-state index contributed by atoms with van der Waals surface area (Å²) < 4.78 is 0. The fraction of sp³-hybridized carbons (Fsp3) is 1.00. The van der Waals surface area contributed by atoms with E-state index in [-0.39, 0.29) is 0 Å². The summed E-state index contributed by atoms with van der Waals surface area (Å²) in [6.07, 6.45) is 6.61. The normalized spacial score (nSPS) is 20.0. The van der Waals surface area contributed by atoms with Gasteiger partial charge in [0.1, 0.15) is 0 Å². The fourth-order valence-corrected chi connectivity index (χ4v) is 1.63. The molecule has 0 radical (unpaired) electrons. The van der Waals surface area contributed by atoms with Gasteiger partial charge in [0.15, 0.2) is 0 Å². The first-order valence-corrected chi connectivity index (χ1v) is 5.17. The first-order valence-electron chi connectivity index (χ1n) is 5.17. The Balaban J connectivity index is 2.04. The molecule has 0 heterocycles. The molecule has 0 spiro atoms. The molecule has 12 heavy (non-hydrogen) atoms. The van der Waals surface area contributed by atoms with Crippen LogP contribution in [0.1, 0.15) is 39.0 Å². The summed E-state index contributed by atoms with van der Waals surface area (Å²) in [7, 11) is 2.25. The average molecular weight is 170 g/mol. The molecular formula is C10H22N2. The van der Waals surface area contributed by atoms with Gasteiger partial charge in [0, 0.05) is 12.1 Å². The molecule has 2 heteroatoms. The van der Waals surface area contributed by atoms with Crippen LogP contribution in [0.25, 0.3) is 0 Å². The van der Waals surface area contributed by atoms with Crippen LogP contribution in [0.15, 0.2) is 0 Å². The summed E-state index contributed by atoms with van der Waals surface area (Å²) in [4.78, 5) is 2.52. The third kappa shape index (κ3) is 3.11. The standard InChI is InChI=1S/C10H22N2/c1-9(5-3-4-8-11)12(2)10-6-7-10/h9-10H,3-8,11H2,1-2H3. The minimum Gasteiger partial charge on any atom is -0.330 e. The predicted octanol–water partition coefficient (Wildman–Crippen LogP) is 1.60. The van der Waals surface area contributed by atoms with Crippen molar-refractivity contribution < 1.29 is 0 Å². The molecule has 0 aromatic carbocycles. The Morgan fingerprint density at radius 2 is 2.08 bits per heavy atom. The van der Waals surface area contributed by atoms with E-state index >= 15 is 0 Å². The summed E-state index contributed by atoms with van der Waals surface area (Å²) in [6, 6.07) is 1.65. The van der Waals surface area contributed by atoms with Gasteiger partial charge in [-0.25, -0.2) is 0 Å². The summed E-state index contributed by atoms with van der Waals surface area (Å²) in [5.74, 6) is 0. The van der Waals surface area contributed by atoms with Crippen LogP contribution < -0.4 is 5.73 Å². The highest BCUT2D eigenvalue weighted by Gasteiger charge is 2.28. The minimum absolute atomic E-state index is 0.754. The maximum atomic E-state index is 5.45. The van der Waals surface area contributed by atoms with Crippen LogP contribution in [0.5, 0.6) is 0 Å². The molecular weight excluding hydrogens is 148 g/mol. The fourth-order valence-electron chi connectivity index (χ4n) is 1.63. The second-order valence-corrected chi connectivity index (χ2v) is 4.03. The van der Waals surface area contributed by atoms with E-state index in [1.165, 1.54) is 32.1 Å². The van der Waals surface area contributed by atoms with E-state index in [0.29, 0.717) is 0 Å². The van der Waals surface area contributed by atoms with E-state index in [9.17, 15) is 0 Å². The molecule has 0 aromatic heterocycles. The average Bonchev–Trinajstić information content (AvgIpc) is 2.86. The van der Waals surface area contributed by atoms with Crippen LogP contribution in [-0.2, 0) is 0 Å². The molecule has 72 valence electrons. The zero-order chi connectivity index (χ0) is 8.97. The Kier molecular flexibility index (Phi) is 4.02. The van der Waals surface area contributed by atoms with Gasteiger partial charge in [-0.15, -0.1) is 0 Å². The zero-order valence-electron chi connectivity index (χ0n) is 8.42. The van der Waals surface area contributed by atoms with E-state index in [2.05, 4.69) is 18.9 Å². The predicted molar refractivity (Wildman–Crippen MR) is 53.2 cm³/mol. The van der Waals surface area contributed by atoms with E-state index in [4.69, 9.17) is 5.73 Å². The molecule has 1 aliphatic rings. The Morgan fingerprint density at radius 1 is 1.42 bits per heavy atom. The summed E-state index contributed by atoms with van der Waals surface area (Å²) in [5, 5.41) is 0. The van der Waals surface area contributed by atoms with Gasteiger partial charge >= 0.3 is 0 Å². The van der Waals surface area contributed by atoms with Gasteiger partial charge in [0.25, 0.3) is 0 Å². The Morgan fingerprint density at radius 3 is 2.58 bits per heavy atom. The van der Waals surface area contributed by atoms with Crippen LogP contribution in [0.3, 0.4) is 0 Å². The molecule has 0 saturated heterocycles. The van der Waals surface area contributed by atoms with Crippen molar-refractivity contribution in [2.75, 3.05) is 13.6 Å². The van der Waals surface area contributed by atoms with Gasteiger partial charge in [0.2, 0.25) is 0 Å². The molecule has 0 aliphatic heterocycles. The number of unbranched alkanes of at least 4 members (excludes halogenated alkanes) is 1. The second kappa shape index (κ2) is 4.83. The summed E-state index contributed by atoms with van der Waals surface area (Å²) >= 11 is 0. The Labute approximate surface area is 76.1 Å². The van der Waals surface area contributed by atoms with E-state index in [1.807, 2.05) is 0 Å². The minimum atomic E-state index is 0.754. The van der Waals surface area contributed by atoms with Gasteiger partial charge in [-0.1, -0.05) is 6.42 Å². The van der Waals surface area contributed by atoms with E-state index in [1.54, 1.807) is 0 Å². The molecule has 1 saturated carbocycles. The van der Waals surface area contributed by atoms with Gasteiger partial charge in [-0.2, -0.15) is 0 Å². The lowest BCUT2D eigenvalue weighted by Crippen LogP contribution is -2.31. The molecule has 0 amide bonds. The van der Waals surface area contributed by atoms with Crippen LogP contribution in [-0.4, -0.2) is 30.6 Å². The number of hydrogen-bond donors (Lipinski definition) is 1. The lowest BCUT2D eigenvalue weighted by Gasteiger charge is -2.24. The monoisotopic (exact) mass is 170 g/mol. The molecule has 2 N–H and O–H groups in total. The van der Waals surface area contributed by atoms with Crippen LogP contribution in [0.2, 0.25) is 0 Å². The molecule has 1 unspecified atom stereocenters. The van der Waals surface area contributed by atoms with Crippen molar-refractivity contribution >= 4 is 0 Å². The Hall–Kier alpha value is -0.0800. The first kappa shape index (κ1) is 10.0. The highest BCUT2D eigenvalue weighted by Crippen LogP contribution is 2.27. The quantitative estimate of drug-likeness (QED) is 0.613. The van der Waals surface area contributed by atoms with Crippen molar-refractivity contribution in [1.29, 1.82) is 0 Å². The van der Waals surface area contributed by atoms with Crippen molar-refractivity contribution in [2.45, 2.75) is 51.1 Å². The largest absolute Gasteiger partial charge is 0.330 e. The smallest absolute Gasteiger partial charge is 0.00961 e. The third-order valence-corrected chi connectivity index (χ3v) is 2.89. The van der Waals surface area contributed by atoms with Crippen molar-refractivity contribution in [3.63, 3.8) is 0 Å².